The van der Waals surface area contributed by atoms with Gasteiger partial charge in [-0.1, -0.05) is 131 Å². The van der Waals surface area contributed by atoms with Crippen LogP contribution in [0.4, 0.5) is 0 Å². The summed E-state index contributed by atoms with van der Waals surface area (Å²) < 4.78 is 8.98. The Balaban J connectivity index is 0.993. The van der Waals surface area contributed by atoms with Crippen LogP contribution in [0, 0.1) is 0 Å². The molecule has 3 heterocycles. The molecule has 0 aliphatic heterocycles. The van der Waals surface area contributed by atoms with Crippen molar-refractivity contribution in [3.05, 3.63) is 168 Å². The Morgan fingerprint density at radius 3 is 1.95 bits per heavy atom. The quantitative estimate of drug-likeness (QED) is 0.181. The third-order valence-electron chi connectivity index (χ3n) is 12.7. The second kappa shape index (κ2) is 11.1. The average molecular weight is 737 g/mol. The summed E-state index contributed by atoms with van der Waals surface area (Å²) in [6.45, 7) is 9.53. The molecule has 0 N–H and O–H groups in total. The van der Waals surface area contributed by atoms with E-state index in [1.807, 2.05) is 47.7 Å². The van der Waals surface area contributed by atoms with Gasteiger partial charge in [0, 0.05) is 47.5 Å². The predicted molar refractivity (Wildman–Crippen MR) is 234 cm³/mol. The standard InChI is InChI=1S/C52H36N2OS/c1-51(2)40-19-10-8-15-32(40)37-27-43-38(28-42(37)51)33-23-21-31(26-41(33)52(43,3)4)30-22-24-45-39(25-30)34-17-12-18-36(49(34)56-45)47-48-46(35-16-9-11-20-44(35)55-48)53-50(54-47)29-13-6-5-7-14-29/h5-28H,1-4H3. The summed E-state index contributed by atoms with van der Waals surface area (Å²) in [7, 11) is 0. The summed E-state index contributed by atoms with van der Waals surface area (Å²) in [4.78, 5) is 10.3. The lowest BCUT2D eigenvalue weighted by Crippen LogP contribution is -2.17. The first kappa shape index (κ1) is 31.9. The van der Waals surface area contributed by atoms with Crippen LogP contribution in [-0.4, -0.2) is 9.97 Å². The first-order valence-electron chi connectivity index (χ1n) is 19.4. The van der Waals surface area contributed by atoms with Gasteiger partial charge < -0.3 is 4.42 Å². The lowest BCUT2D eigenvalue weighted by Gasteiger charge is -2.24. The van der Waals surface area contributed by atoms with Crippen LogP contribution < -0.4 is 0 Å². The lowest BCUT2D eigenvalue weighted by molar-refractivity contribution is 0.652. The number of hydrogen-bond acceptors (Lipinski definition) is 4. The molecule has 2 aliphatic carbocycles. The molecule has 0 saturated carbocycles. The van der Waals surface area contributed by atoms with E-state index in [1.165, 1.54) is 75.8 Å². The van der Waals surface area contributed by atoms with Gasteiger partial charge in [0.25, 0.3) is 0 Å². The molecule has 3 aromatic heterocycles. The molecule has 3 nitrogen and oxygen atoms in total. The molecule has 56 heavy (non-hydrogen) atoms. The van der Waals surface area contributed by atoms with Crippen LogP contribution in [0.2, 0.25) is 0 Å². The van der Waals surface area contributed by atoms with E-state index in [-0.39, 0.29) is 10.8 Å². The highest BCUT2D eigenvalue weighted by molar-refractivity contribution is 7.26. The Labute approximate surface area is 328 Å². The first-order valence-corrected chi connectivity index (χ1v) is 20.2. The van der Waals surface area contributed by atoms with Gasteiger partial charge in [0.2, 0.25) is 0 Å². The largest absolute Gasteiger partial charge is 0.452 e. The highest BCUT2D eigenvalue weighted by Gasteiger charge is 2.41. The van der Waals surface area contributed by atoms with Gasteiger partial charge in [-0.2, -0.15) is 0 Å². The molecule has 266 valence electrons. The number of aromatic nitrogens is 2. The maximum atomic E-state index is 6.53. The number of rotatable bonds is 3. The van der Waals surface area contributed by atoms with Crippen LogP contribution in [-0.2, 0) is 10.8 Å². The van der Waals surface area contributed by atoms with Crippen molar-refractivity contribution in [1.82, 2.24) is 9.97 Å². The maximum Gasteiger partial charge on any atom is 0.180 e. The molecular weight excluding hydrogens is 701 g/mol. The third-order valence-corrected chi connectivity index (χ3v) is 13.9. The Kier molecular flexibility index (Phi) is 6.34. The number of thiophene rings is 1. The summed E-state index contributed by atoms with van der Waals surface area (Å²) >= 11 is 1.82. The summed E-state index contributed by atoms with van der Waals surface area (Å²) in [6, 6.07) is 53.0. The molecule has 0 amide bonds. The molecule has 7 aromatic carbocycles. The Morgan fingerprint density at radius 2 is 1.11 bits per heavy atom. The lowest BCUT2D eigenvalue weighted by atomic mass is 9.79. The molecule has 12 rings (SSSR count). The second-order valence-corrected chi connectivity index (χ2v) is 17.6. The minimum Gasteiger partial charge on any atom is -0.452 e. The van der Waals surface area contributed by atoms with Crippen molar-refractivity contribution in [3.8, 4) is 56.0 Å². The second-order valence-electron chi connectivity index (χ2n) is 16.5. The summed E-state index contributed by atoms with van der Waals surface area (Å²) in [5, 5.41) is 3.47. The molecule has 0 unspecified atom stereocenters. The number of fused-ring (bicyclic) bond motifs is 12. The minimum absolute atomic E-state index is 0.0257. The van der Waals surface area contributed by atoms with Crippen molar-refractivity contribution in [2.75, 3.05) is 0 Å². The van der Waals surface area contributed by atoms with Gasteiger partial charge >= 0.3 is 0 Å². The van der Waals surface area contributed by atoms with E-state index in [1.54, 1.807) is 0 Å². The fourth-order valence-electron chi connectivity index (χ4n) is 9.76. The predicted octanol–water partition coefficient (Wildman–Crippen LogP) is 14.4. The van der Waals surface area contributed by atoms with Crippen molar-refractivity contribution in [3.63, 3.8) is 0 Å². The van der Waals surface area contributed by atoms with Gasteiger partial charge in [0.15, 0.2) is 11.4 Å². The molecular formula is C52H36N2OS. The normalized spacial score (nSPS) is 14.7. The number of hydrogen-bond donors (Lipinski definition) is 0. The SMILES string of the molecule is CC1(C)c2ccccc2-c2cc3c(cc21)-c1ccc(-c2ccc4sc5c(-c6nc(-c7ccccc7)nc7c6oc6ccccc67)cccc5c4c2)cc1C3(C)C. The zero-order valence-electron chi connectivity index (χ0n) is 31.6. The molecule has 0 atom stereocenters. The van der Waals surface area contributed by atoms with E-state index in [9.17, 15) is 0 Å². The van der Waals surface area contributed by atoms with Gasteiger partial charge in [-0.15, -0.1) is 11.3 Å². The highest BCUT2D eigenvalue weighted by atomic mass is 32.1. The molecule has 0 fully saturated rings. The van der Waals surface area contributed by atoms with Crippen LogP contribution in [0.5, 0.6) is 0 Å². The van der Waals surface area contributed by atoms with E-state index in [2.05, 4.69) is 137 Å². The van der Waals surface area contributed by atoms with E-state index < -0.39 is 0 Å². The summed E-state index contributed by atoms with van der Waals surface area (Å²) in [6.07, 6.45) is 0. The van der Waals surface area contributed by atoms with Crippen molar-refractivity contribution in [2.45, 2.75) is 38.5 Å². The zero-order valence-corrected chi connectivity index (χ0v) is 32.4. The summed E-state index contributed by atoms with van der Waals surface area (Å²) in [5.41, 5.74) is 18.7. The monoisotopic (exact) mass is 736 g/mol. The molecule has 4 heteroatoms. The molecule has 2 aliphatic rings. The van der Waals surface area contributed by atoms with E-state index in [4.69, 9.17) is 14.4 Å². The molecule has 0 spiro atoms. The number of benzene rings is 7. The van der Waals surface area contributed by atoms with Gasteiger partial charge in [-0.3, -0.25) is 0 Å². The van der Waals surface area contributed by atoms with Crippen molar-refractivity contribution in [2.24, 2.45) is 0 Å². The highest BCUT2D eigenvalue weighted by Crippen LogP contribution is 2.56. The number of para-hydroxylation sites is 1. The van der Waals surface area contributed by atoms with E-state index >= 15 is 0 Å². The smallest absolute Gasteiger partial charge is 0.180 e. The van der Waals surface area contributed by atoms with Gasteiger partial charge in [-0.25, -0.2) is 9.97 Å². The van der Waals surface area contributed by atoms with Crippen molar-refractivity contribution < 1.29 is 4.42 Å². The van der Waals surface area contributed by atoms with Crippen molar-refractivity contribution in [1.29, 1.82) is 0 Å². The van der Waals surface area contributed by atoms with Crippen LogP contribution in [0.3, 0.4) is 0 Å². The first-order chi connectivity index (χ1) is 27.3. The van der Waals surface area contributed by atoms with Crippen LogP contribution in [0.15, 0.2) is 150 Å². The number of nitrogens with zero attached hydrogens (tertiary/aromatic N) is 2. The van der Waals surface area contributed by atoms with Crippen molar-refractivity contribution >= 4 is 53.6 Å². The van der Waals surface area contributed by atoms with E-state index in [0.29, 0.717) is 5.82 Å². The average Bonchev–Trinajstić information content (AvgIpc) is 3.92. The van der Waals surface area contributed by atoms with Crippen LogP contribution >= 0.6 is 11.3 Å². The zero-order chi connectivity index (χ0) is 37.5. The third kappa shape index (κ3) is 4.28. The molecule has 10 aromatic rings. The number of furan rings is 1. The van der Waals surface area contributed by atoms with Gasteiger partial charge in [-0.05, 0) is 98.1 Å². The van der Waals surface area contributed by atoms with Crippen LogP contribution in [0.25, 0.3) is 98.3 Å². The van der Waals surface area contributed by atoms with Gasteiger partial charge in [0.1, 0.15) is 16.8 Å². The van der Waals surface area contributed by atoms with Crippen LogP contribution in [0.1, 0.15) is 49.9 Å². The van der Waals surface area contributed by atoms with Gasteiger partial charge in [0.05, 0.1) is 0 Å². The summed E-state index contributed by atoms with van der Waals surface area (Å²) in [5.74, 6) is 0.694. The molecule has 0 bridgehead atoms. The maximum absolute atomic E-state index is 6.53. The van der Waals surface area contributed by atoms with E-state index in [0.717, 1.165) is 38.9 Å². The fourth-order valence-corrected chi connectivity index (χ4v) is 11.0. The molecule has 0 saturated heterocycles. The Bertz CT molecular complexity index is 3310. The Hall–Kier alpha value is -6.36. The molecule has 0 radical (unpaired) electrons. The fraction of sp³-hybridized carbons (Fsp3) is 0.115. The minimum atomic E-state index is -0.121. The Morgan fingerprint density at radius 1 is 0.464 bits per heavy atom. The topological polar surface area (TPSA) is 38.9 Å².